The average Bonchev–Trinajstić information content (AvgIpc) is 3.26. The summed E-state index contributed by atoms with van der Waals surface area (Å²) in [4.78, 5) is 28.6. The number of ether oxygens (including phenoxy) is 1. The van der Waals surface area contributed by atoms with Crippen LogP contribution in [0.4, 0.5) is 4.79 Å². The monoisotopic (exact) mass is 373 g/mol. The summed E-state index contributed by atoms with van der Waals surface area (Å²) in [5, 5.41) is 3.01. The normalized spacial score (nSPS) is 17.8. The zero-order chi connectivity index (χ0) is 19.1. The van der Waals surface area contributed by atoms with E-state index in [-0.39, 0.29) is 11.9 Å². The molecule has 2 aliphatic rings. The molecule has 2 saturated heterocycles. The Kier molecular flexibility index (Phi) is 6.96. The van der Waals surface area contributed by atoms with Crippen LogP contribution in [0.2, 0.25) is 0 Å². The topological polar surface area (TPSA) is 61.9 Å². The number of methoxy groups -OCH3 is 1. The smallest absolute Gasteiger partial charge is 0.317 e. The van der Waals surface area contributed by atoms with Crippen LogP contribution in [0.1, 0.15) is 37.7 Å². The Balaban J connectivity index is 1.32. The number of aryl methyl sites for hydroxylation is 1. The van der Waals surface area contributed by atoms with E-state index in [0.717, 1.165) is 57.4 Å². The van der Waals surface area contributed by atoms with Gasteiger partial charge in [-0.05, 0) is 56.2 Å². The number of rotatable bonds is 6. The van der Waals surface area contributed by atoms with Gasteiger partial charge in [0.2, 0.25) is 5.91 Å². The molecule has 148 valence electrons. The van der Waals surface area contributed by atoms with Crippen molar-refractivity contribution in [2.75, 3.05) is 39.8 Å². The molecule has 0 saturated carbocycles. The van der Waals surface area contributed by atoms with Crippen molar-refractivity contribution in [3.8, 4) is 5.75 Å². The van der Waals surface area contributed by atoms with Crippen molar-refractivity contribution in [1.29, 1.82) is 0 Å². The van der Waals surface area contributed by atoms with Crippen LogP contribution in [0, 0.1) is 5.92 Å². The van der Waals surface area contributed by atoms with E-state index in [0.29, 0.717) is 25.5 Å². The molecule has 27 heavy (non-hydrogen) atoms. The van der Waals surface area contributed by atoms with E-state index in [9.17, 15) is 9.59 Å². The molecule has 0 atom stereocenters. The van der Waals surface area contributed by atoms with Crippen molar-refractivity contribution < 1.29 is 14.3 Å². The molecule has 0 spiro atoms. The van der Waals surface area contributed by atoms with Gasteiger partial charge in [0.15, 0.2) is 0 Å². The fourth-order valence-electron chi connectivity index (χ4n) is 3.92. The van der Waals surface area contributed by atoms with Crippen molar-refractivity contribution in [3.63, 3.8) is 0 Å². The van der Waals surface area contributed by atoms with Crippen molar-refractivity contribution in [1.82, 2.24) is 15.1 Å². The van der Waals surface area contributed by atoms with E-state index < -0.39 is 0 Å². The standard InChI is InChI=1S/C21H31N3O3/c1-27-19-8-6-17(7-9-19)5-4-12-22-21(26)24-15-10-18(11-16-24)20(25)23-13-2-3-14-23/h6-9,18H,2-5,10-16H2,1H3,(H,22,26). The molecule has 0 unspecified atom stereocenters. The predicted octanol–water partition coefficient (Wildman–Crippen LogP) is 2.67. The first kappa shape index (κ1) is 19.5. The van der Waals surface area contributed by atoms with Gasteiger partial charge >= 0.3 is 6.03 Å². The number of benzene rings is 1. The van der Waals surface area contributed by atoms with E-state index >= 15 is 0 Å². The SMILES string of the molecule is COc1ccc(CCCNC(=O)N2CCC(C(=O)N3CCCC3)CC2)cc1. The van der Waals surface area contributed by atoms with Gasteiger partial charge in [-0.1, -0.05) is 12.1 Å². The Bertz CT molecular complexity index is 618. The first-order valence-corrected chi connectivity index (χ1v) is 10.1. The largest absolute Gasteiger partial charge is 0.497 e. The van der Waals surface area contributed by atoms with Crippen LogP contribution in [0.5, 0.6) is 5.75 Å². The van der Waals surface area contributed by atoms with Gasteiger partial charge in [0.25, 0.3) is 0 Å². The molecule has 1 aromatic rings. The van der Waals surface area contributed by atoms with Gasteiger partial charge in [-0.25, -0.2) is 4.79 Å². The average molecular weight is 373 g/mol. The number of nitrogens with one attached hydrogen (secondary N) is 1. The highest BCUT2D eigenvalue weighted by molar-refractivity contribution is 5.80. The van der Waals surface area contributed by atoms with Gasteiger partial charge < -0.3 is 19.9 Å². The maximum atomic E-state index is 12.5. The van der Waals surface area contributed by atoms with E-state index in [1.807, 2.05) is 21.9 Å². The lowest BCUT2D eigenvalue weighted by molar-refractivity contribution is -0.135. The molecule has 0 radical (unpaired) electrons. The Labute approximate surface area is 161 Å². The molecular weight excluding hydrogens is 342 g/mol. The Morgan fingerprint density at radius 1 is 1.04 bits per heavy atom. The van der Waals surface area contributed by atoms with Crippen LogP contribution < -0.4 is 10.1 Å². The number of nitrogens with zero attached hydrogens (tertiary/aromatic N) is 2. The molecule has 6 heteroatoms. The van der Waals surface area contributed by atoms with E-state index in [4.69, 9.17) is 4.74 Å². The molecule has 1 N–H and O–H groups in total. The third-order valence-electron chi connectivity index (χ3n) is 5.63. The third kappa shape index (κ3) is 5.37. The second kappa shape index (κ2) is 9.62. The van der Waals surface area contributed by atoms with Crippen LogP contribution in [0.25, 0.3) is 0 Å². The summed E-state index contributed by atoms with van der Waals surface area (Å²) in [5.74, 6) is 1.26. The molecule has 0 aliphatic carbocycles. The molecule has 0 aromatic heterocycles. The molecule has 3 amide bonds. The summed E-state index contributed by atoms with van der Waals surface area (Å²) in [6.07, 6.45) is 5.66. The van der Waals surface area contributed by atoms with Crippen LogP contribution >= 0.6 is 0 Å². The van der Waals surface area contributed by atoms with Gasteiger partial charge in [0.05, 0.1) is 7.11 Å². The van der Waals surface area contributed by atoms with Gasteiger partial charge in [0, 0.05) is 38.6 Å². The van der Waals surface area contributed by atoms with E-state index in [2.05, 4.69) is 17.4 Å². The maximum Gasteiger partial charge on any atom is 0.317 e. The second-order valence-electron chi connectivity index (χ2n) is 7.48. The number of hydrogen-bond acceptors (Lipinski definition) is 3. The zero-order valence-electron chi connectivity index (χ0n) is 16.3. The first-order valence-electron chi connectivity index (χ1n) is 10.1. The van der Waals surface area contributed by atoms with Crippen LogP contribution in [0.3, 0.4) is 0 Å². The molecule has 2 heterocycles. The van der Waals surface area contributed by atoms with Crippen LogP contribution in [0.15, 0.2) is 24.3 Å². The van der Waals surface area contributed by atoms with Crippen molar-refractivity contribution in [2.45, 2.75) is 38.5 Å². The zero-order valence-corrected chi connectivity index (χ0v) is 16.3. The van der Waals surface area contributed by atoms with E-state index in [1.54, 1.807) is 7.11 Å². The number of amides is 3. The number of hydrogen-bond donors (Lipinski definition) is 1. The summed E-state index contributed by atoms with van der Waals surface area (Å²) in [6, 6.07) is 8.03. The Hall–Kier alpha value is -2.24. The predicted molar refractivity (Wildman–Crippen MR) is 105 cm³/mol. The van der Waals surface area contributed by atoms with Crippen LogP contribution in [-0.4, -0.2) is 61.6 Å². The molecule has 6 nitrogen and oxygen atoms in total. The summed E-state index contributed by atoms with van der Waals surface area (Å²) in [7, 11) is 1.66. The number of carbonyl (C=O) groups is 2. The molecular formula is C21H31N3O3. The molecule has 2 fully saturated rings. The lowest BCUT2D eigenvalue weighted by Crippen LogP contribution is -2.47. The Morgan fingerprint density at radius 2 is 1.70 bits per heavy atom. The van der Waals surface area contributed by atoms with Crippen molar-refractivity contribution in [2.24, 2.45) is 5.92 Å². The van der Waals surface area contributed by atoms with Gasteiger partial charge in [-0.2, -0.15) is 0 Å². The van der Waals surface area contributed by atoms with Gasteiger partial charge in [0.1, 0.15) is 5.75 Å². The fourth-order valence-corrected chi connectivity index (χ4v) is 3.92. The highest BCUT2D eigenvalue weighted by atomic mass is 16.5. The minimum atomic E-state index is -0.00296. The quantitative estimate of drug-likeness (QED) is 0.780. The molecule has 2 aliphatic heterocycles. The molecule has 0 bridgehead atoms. The molecule has 3 rings (SSSR count). The summed E-state index contributed by atoms with van der Waals surface area (Å²) in [6.45, 7) is 3.84. The van der Waals surface area contributed by atoms with Gasteiger partial charge in [-0.15, -0.1) is 0 Å². The minimum Gasteiger partial charge on any atom is -0.497 e. The third-order valence-corrected chi connectivity index (χ3v) is 5.63. The minimum absolute atomic E-state index is 0.00296. The summed E-state index contributed by atoms with van der Waals surface area (Å²) in [5.41, 5.74) is 1.24. The summed E-state index contributed by atoms with van der Waals surface area (Å²) >= 11 is 0. The number of urea groups is 1. The van der Waals surface area contributed by atoms with Crippen molar-refractivity contribution >= 4 is 11.9 Å². The van der Waals surface area contributed by atoms with Crippen molar-refractivity contribution in [3.05, 3.63) is 29.8 Å². The lowest BCUT2D eigenvalue weighted by Gasteiger charge is -2.33. The highest BCUT2D eigenvalue weighted by Crippen LogP contribution is 2.22. The lowest BCUT2D eigenvalue weighted by atomic mass is 9.95. The first-order chi connectivity index (χ1) is 13.2. The maximum absolute atomic E-state index is 12.5. The number of likely N-dealkylation sites (tertiary alicyclic amines) is 2. The highest BCUT2D eigenvalue weighted by Gasteiger charge is 2.31. The summed E-state index contributed by atoms with van der Waals surface area (Å²) < 4.78 is 5.16. The van der Waals surface area contributed by atoms with Crippen LogP contribution in [-0.2, 0) is 11.2 Å². The van der Waals surface area contributed by atoms with E-state index in [1.165, 1.54) is 5.56 Å². The van der Waals surface area contributed by atoms with Gasteiger partial charge in [-0.3, -0.25) is 4.79 Å². The Morgan fingerprint density at radius 3 is 2.33 bits per heavy atom. The number of carbonyl (C=O) groups excluding carboxylic acids is 2. The fraction of sp³-hybridized carbons (Fsp3) is 0.619. The number of piperidine rings is 1. The second-order valence-corrected chi connectivity index (χ2v) is 7.48. The molecule has 1 aromatic carbocycles.